The lowest BCUT2D eigenvalue weighted by atomic mass is 9.89. The van der Waals surface area contributed by atoms with Crippen molar-refractivity contribution in [3.63, 3.8) is 0 Å². The summed E-state index contributed by atoms with van der Waals surface area (Å²) in [4.78, 5) is 17.4. The molecule has 6 heterocycles. The van der Waals surface area contributed by atoms with E-state index in [-0.39, 0.29) is 11.3 Å². The van der Waals surface area contributed by atoms with Gasteiger partial charge in [0.25, 0.3) is 0 Å². The van der Waals surface area contributed by atoms with E-state index in [1.54, 1.807) is 6.07 Å². The Morgan fingerprint density at radius 3 is 2.78 bits per heavy atom. The van der Waals surface area contributed by atoms with E-state index in [1.165, 1.54) is 37.7 Å². The van der Waals surface area contributed by atoms with Gasteiger partial charge >= 0.3 is 6.01 Å². The molecule has 5 aliphatic heterocycles. The normalized spacial score (nSPS) is 32.0. The summed E-state index contributed by atoms with van der Waals surface area (Å²) in [5.41, 5.74) is 3.60. The first-order chi connectivity index (χ1) is 22.0. The summed E-state index contributed by atoms with van der Waals surface area (Å²) in [7, 11) is 0. The van der Waals surface area contributed by atoms with Gasteiger partial charge in [-0.3, -0.25) is 4.90 Å². The second kappa shape index (κ2) is 10.5. The van der Waals surface area contributed by atoms with Crippen LogP contribution in [0.5, 0.6) is 11.8 Å². The SMILES string of the molecule is C#Cc1cccc2cc(O)cc(N3CCc4c(nc(OC[C@@]56C[C@H](F)CN5[C@@H]5CCC[C@@H]5C6)nc4N4CC5CCC(C4)N5)C3)c12. The molecule has 5 fully saturated rings. The Morgan fingerprint density at radius 1 is 1.07 bits per heavy atom. The van der Waals surface area contributed by atoms with Gasteiger partial charge in [0.1, 0.15) is 24.3 Å². The van der Waals surface area contributed by atoms with Crippen LogP contribution in [-0.4, -0.2) is 82.6 Å². The van der Waals surface area contributed by atoms with Crippen LogP contribution in [0.2, 0.25) is 0 Å². The molecular weight excluding hydrogens is 567 g/mol. The van der Waals surface area contributed by atoms with Crippen LogP contribution in [0.1, 0.15) is 61.8 Å². The maximum Gasteiger partial charge on any atom is 0.318 e. The van der Waals surface area contributed by atoms with Crippen LogP contribution in [0.15, 0.2) is 30.3 Å². The molecule has 6 atom stereocenters. The zero-order chi connectivity index (χ0) is 30.3. The van der Waals surface area contributed by atoms with E-state index in [1.807, 2.05) is 24.3 Å². The first-order valence-corrected chi connectivity index (χ1v) is 16.9. The zero-order valence-corrected chi connectivity index (χ0v) is 25.7. The van der Waals surface area contributed by atoms with Crippen molar-refractivity contribution in [2.24, 2.45) is 5.92 Å². The molecule has 2 aromatic carbocycles. The quantitative estimate of drug-likeness (QED) is 0.409. The molecule has 1 aromatic heterocycles. The molecule has 4 saturated heterocycles. The topological polar surface area (TPSA) is 77.0 Å². The highest BCUT2D eigenvalue weighted by atomic mass is 19.1. The Hall–Kier alpha value is -3.61. The number of aromatic nitrogens is 2. The molecule has 0 radical (unpaired) electrons. The van der Waals surface area contributed by atoms with Crippen molar-refractivity contribution in [2.45, 2.75) is 87.7 Å². The lowest BCUT2D eigenvalue weighted by Gasteiger charge is -2.38. The molecule has 6 aliphatic rings. The molecule has 3 aromatic rings. The fourth-order valence-electron chi connectivity index (χ4n) is 9.89. The first-order valence-electron chi connectivity index (χ1n) is 16.9. The number of terminal acetylenes is 1. The average molecular weight is 609 g/mol. The Bertz CT molecular complexity index is 1700. The number of rotatable bonds is 5. The van der Waals surface area contributed by atoms with Crippen LogP contribution in [-0.2, 0) is 13.0 Å². The number of hydrogen-bond donors (Lipinski definition) is 2. The van der Waals surface area contributed by atoms with Gasteiger partial charge in [-0.05, 0) is 62.0 Å². The van der Waals surface area contributed by atoms with Crippen molar-refractivity contribution in [2.75, 3.05) is 42.6 Å². The predicted molar refractivity (Wildman–Crippen MR) is 173 cm³/mol. The fraction of sp³-hybridized carbons (Fsp3) is 0.556. The second-order valence-electron chi connectivity index (χ2n) is 14.4. The van der Waals surface area contributed by atoms with Crippen LogP contribution >= 0.6 is 0 Å². The Balaban J connectivity index is 1.07. The van der Waals surface area contributed by atoms with Gasteiger partial charge in [-0.25, -0.2) is 4.39 Å². The van der Waals surface area contributed by atoms with E-state index in [2.05, 4.69) is 25.9 Å². The molecule has 9 heteroatoms. The first kappa shape index (κ1) is 27.7. The summed E-state index contributed by atoms with van der Waals surface area (Å²) in [5, 5.41) is 16.3. The molecule has 0 spiro atoms. The van der Waals surface area contributed by atoms with Crippen molar-refractivity contribution in [1.29, 1.82) is 0 Å². The lowest BCUT2D eigenvalue weighted by Crippen LogP contribution is -2.52. The largest absolute Gasteiger partial charge is 0.508 e. The maximum atomic E-state index is 14.9. The number of alkyl halides is 1. The van der Waals surface area contributed by atoms with Crippen LogP contribution < -0.4 is 19.9 Å². The number of anilines is 2. The fourth-order valence-corrected chi connectivity index (χ4v) is 9.89. The number of nitrogens with one attached hydrogen (secondary N) is 1. The van der Waals surface area contributed by atoms with Crippen LogP contribution in [0.4, 0.5) is 15.9 Å². The molecule has 1 aliphatic carbocycles. The highest BCUT2D eigenvalue weighted by Crippen LogP contribution is 2.52. The highest BCUT2D eigenvalue weighted by Gasteiger charge is 2.58. The van der Waals surface area contributed by atoms with Crippen molar-refractivity contribution < 1.29 is 14.2 Å². The van der Waals surface area contributed by atoms with E-state index in [9.17, 15) is 9.50 Å². The Labute approximate surface area is 264 Å². The number of piperazine rings is 1. The number of ether oxygens (including phenoxy) is 1. The number of phenols is 1. The van der Waals surface area contributed by atoms with Crippen LogP contribution in [0.25, 0.3) is 10.8 Å². The number of nitrogens with zero attached hydrogens (tertiary/aromatic N) is 5. The number of aromatic hydroxyl groups is 1. The van der Waals surface area contributed by atoms with Gasteiger partial charge in [0.15, 0.2) is 0 Å². The van der Waals surface area contributed by atoms with E-state index < -0.39 is 6.17 Å². The van der Waals surface area contributed by atoms with Crippen molar-refractivity contribution in [3.8, 4) is 24.1 Å². The van der Waals surface area contributed by atoms with Gasteiger partial charge in [0.05, 0.1) is 17.8 Å². The number of benzene rings is 2. The molecule has 0 amide bonds. The number of fused-ring (bicyclic) bond motifs is 7. The summed E-state index contributed by atoms with van der Waals surface area (Å²) in [6.45, 7) is 4.13. The van der Waals surface area contributed by atoms with Gasteiger partial charge in [-0.1, -0.05) is 24.5 Å². The molecule has 1 saturated carbocycles. The molecule has 2 bridgehead atoms. The van der Waals surface area contributed by atoms with Crippen LogP contribution in [0.3, 0.4) is 0 Å². The summed E-state index contributed by atoms with van der Waals surface area (Å²) in [6, 6.07) is 11.3. The Morgan fingerprint density at radius 2 is 1.93 bits per heavy atom. The van der Waals surface area contributed by atoms with Crippen LogP contribution in [0, 0.1) is 18.3 Å². The minimum Gasteiger partial charge on any atom is -0.508 e. The summed E-state index contributed by atoms with van der Waals surface area (Å²) < 4.78 is 21.5. The van der Waals surface area contributed by atoms with E-state index in [4.69, 9.17) is 21.1 Å². The number of hydrogen-bond acceptors (Lipinski definition) is 8. The average Bonchev–Trinajstić information content (AvgIpc) is 3.78. The Kier molecular flexibility index (Phi) is 6.44. The van der Waals surface area contributed by atoms with Gasteiger partial charge < -0.3 is 25.0 Å². The van der Waals surface area contributed by atoms with Gasteiger partial charge in [-0.15, -0.1) is 6.42 Å². The van der Waals surface area contributed by atoms with Gasteiger partial charge in [0.2, 0.25) is 0 Å². The molecule has 8 nitrogen and oxygen atoms in total. The third-order valence-corrected chi connectivity index (χ3v) is 11.7. The van der Waals surface area contributed by atoms with Crippen molar-refractivity contribution in [1.82, 2.24) is 20.2 Å². The summed E-state index contributed by atoms with van der Waals surface area (Å²) in [6.07, 6.45) is 13.5. The smallest absolute Gasteiger partial charge is 0.318 e. The minimum atomic E-state index is -0.801. The third-order valence-electron chi connectivity index (χ3n) is 11.7. The molecule has 2 N–H and O–H groups in total. The monoisotopic (exact) mass is 608 g/mol. The van der Waals surface area contributed by atoms with Crippen molar-refractivity contribution in [3.05, 3.63) is 47.2 Å². The standard InChI is InChI=1S/C36H41FN6O2/c1-2-22-5-3-6-23-13-28(44)14-32(33(22)23)41-12-11-29-30(20-41)39-35(40-34(29)42-18-26-9-10-27(19-42)38-26)45-21-36-15-24-7-4-8-31(24)43(36)17-25(37)16-36/h1,3,5-6,13-14,24-27,31,38,44H,4,7-12,15-21H2/t24-,25+,26?,27?,31-,36-/m1/s1. The highest BCUT2D eigenvalue weighted by molar-refractivity contribution is 6.00. The zero-order valence-electron chi connectivity index (χ0n) is 25.7. The summed E-state index contributed by atoms with van der Waals surface area (Å²) in [5.74, 6) is 4.70. The maximum absolute atomic E-state index is 14.9. The van der Waals surface area contributed by atoms with Gasteiger partial charge in [-0.2, -0.15) is 9.97 Å². The van der Waals surface area contributed by atoms with Crippen molar-refractivity contribution >= 4 is 22.3 Å². The molecular formula is C36H41FN6O2. The summed E-state index contributed by atoms with van der Waals surface area (Å²) >= 11 is 0. The third kappa shape index (κ3) is 4.55. The molecule has 234 valence electrons. The molecule has 9 rings (SSSR count). The predicted octanol–water partition coefficient (Wildman–Crippen LogP) is 4.55. The van der Waals surface area contributed by atoms with E-state index in [0.29, 0.717) is 56.2 Å². The minimum absolute atomic E-state index is 0.217. The molecule has 2 unspecified atom stereocenters. The number of phenolic OH excluding ortho intramolecular Hbond substituents is 1. The van der Waals surface area contributed by atoms with E-state index in [0.717, 1.165) is 66.0 Å². The second-order valence-corrected chi connectivity index (χ2v) is 14.4. The molecule has 45 heavy (non-hydrogen) atoms. The lowest BCUT2D eigenvalue weighted by molar-refractivity contribution is 0.0829. The van der Waals surface area contributed by atoms with E-state index >= 15 is 0 Å². The van der Waals surface area contributed by atoms with Gasteiger partial charge in [0, 0.05) is 79.0 Å². The number of halogens is 1.